The third-order valence-electron chi connectivity index (χ3n) is 6.79. The van der Waals surface area contributed by atoms with Gasteiger partial charge in [0.15, 0.2) is 0 Å². The molecule has 0 radical (unpaired) electrons. The topological polar surface area (TPSA) is 65.4 Å². The normalized spacial score (nSPS) is 15.2. The molecule has 6 heteroatoms. The molecule has 0 bridgehead atoms. The van der Waals surface area contributed by atoms with Crippen LogP contribution in [0.2, 0.25) is 0 Å². The number of fused-ring (bicyclic) bond motifs is 2. The highest BCUT2D eigenvalue weighted by Gasteiger charge is 2.24. The van der Waals surface area contributed by atoms with Crippen LogP contribution in [0.25, 0.3) is 27.8 Å². The number of H-pyrrole nitrogens is 1. The van der Waals surface area contributed by atoms with Crippen molar-refractivity contribution in [3.63, 3.8) is 0 Å². The van der Waals surface area contributed by atoms with Gasteiger partial charge in [0.2, 0.25) is 5.91 Å². The summed E-state index contributed by atoms with van der Waals surface area (Å²) in [4.78, 5) is 22.4. The van der Waals surface area contributed by atoms with Crippen LogP contribution >= 0.6 is 0 Å². The summed E-state index contributed by atoms with van der Waals surface area (Å²) in [5, 5.41) is 4.28. The molecule has 1 aromatic carbocycles. The number of pyridine rings is 1. The third-order valence-corrected chi connectivity index (χ3v) is 6.79. The number of carbonyl (C=O) groups excluding carboxylic acids is 1. The first kappa shape index (κ1) is 20.8. The number of nitrogens with zero attached hydrogens (tertiary/aromatic N) is 3. The summed E-state index contributed by atoms with van der Waals surface area (Å²) in [5.74, 6) is 0.710. The van der Waals surface area contributed by atoms with E-state index in [1.54, 1.807) is 0 Å². The van der Waals surface area contributed by atoms with Gasteiger partial charge in [-0.2, -0.15) is 0 Å². The van der Waals surface area contributed by atoms with Gasteiger partial charge in [0, 0.05) is 41.9 Å². The van der Waals surface area contributed by atoms with Crippen LogP contribution in [0.1, 0.15) is 42.5 Å². The summed E-state index contributed by atoms with van der Waals surface area (Å²) in [6.45, 7) is 6.35. The van der Waals surface area contributed by atoms with Gasteiger partial charge in [-0.15, -0.1) is 0 Å². The van der Waals surface area contributed by atoms with E-state index in [1.807, 2.05) is 18.9 Å². The number of amides is 1. The number of aromatic nitrogens is 3. The van der Waals surface area contributed by atoms with Crippen molar-refractivity contribution in [1.29, 1.82) is 0 Å². The molecule has 5 rings (SSSR count). The molecule has 4 heterocycles. The zero-order valence-corrected chi connectivity index (χ0v) is 19.1. The number of carbonyl (C=O) groups is 1. The fourth-order valence-corrected chi connectivity index (χ4v) is 5.12. The highest BCUT2D eigenvalue weighted by atomic mass is 16.2. The van der Waals surface area contributed by atoms with E-state index in [1.165, 1.54) is 33.3 Å². The van der Waals surface area contributed by atoms with Crippen LogP contribution in [0.3, 0.4) is 0 Å². The van der Waals surface area contributed by atoms with Crippen LogP contribution in [0, 0.1) is 6.92 Å². The molecule has 0 unspecified atom stereocenters. The molecular weight excluding hydrogens is 398 g/mol. The number of hydrogen-bond acceptors (Lipinski definition) is 3. The first-order chi connectivity index (χ1) is 15.6. The van der Waals surface area contributed by atoms with Gasteiger partial charge in [-0.1, -0.05) is 13.0 Å². The number of nitrogens with one attached hydrogen (secondary N) is 2. The maximum Gasteiger partial charge on any atom is 0.236 e. The summed E-state index contributed by atoms with van der Waals surface area (Å²) >= 11 is 0. The zero-order valence-electron chi connectivity index (χ0n) is 19.1. The average Bonchev–Trinajstić information content (AvgIpc) is 3.37. The van der Waals surface area contributed by atoms with Gasteiger partial charge in [-0.05, 0) is 74.5 Å². The lowest BCUT2D eigenvalue weighted by Crippen LogP contribution is -2.41. The van der Waals surface area contributed by atoms with Crippen molar-refractivity contribution in [2.24, 2.45) is 0 Å². The van der Waals surface area contributed by atoms with E-state index >= 15 is 0 Å². The third kappa shape index (κ3) is 3.69. The van der Waals surface area contributed by atoms with Gasteiger partial charge < -0.3 is 19.6 Å². The van der Waals surface area contributed by atoms with Crippen molar-refractivity contribution in [1.82, 2.24) is 24.6 Å². The Labute approximate surface area is 188 Å². The number of piperidine rings is 1. The van der Waals surface area contributed by atoms with Gasteiger partial charge in [0.25, 0.3) is 0 Å². The first-order valence-corrected chi connectivity index (χ1v) is 11.6. The Morgan fingerprint density at radius 3 is 2.75 bits per heavy atom. The van der Waals surface area contributed by atoms with Crippen molar-refractivity contribution < 1.29 is 4.79 Å². The Hall–Kier alpha value is -3.12. The van der Waals surface area contributed by atoms with Crippen molar-refractivity contribution >= 4 is 22.5 Å². The summed E-state index contributed by atoms with van der Waals surface area (Å²) in [6.07, 6.45) is 7.25. The second-order valence-electron chi connectivity index (χ2n) is 8.89. The molecule has 1 amide bonds. The minimum Gasteiger partial charge on any atom is -0.354 e. The highest BCUT2D eigenvalue weighted by molar-refractivity contribution is 5.91. The number of hydrogen-bond donors (Lipinski definition) is 2. The molecule has 166 valence electrons. The number of aryl methyl sites for hydroxylation is 2. The second kappa shape index (κ2) is 8.43. The van der Waals surface area contributed by atoms with Gasteiger partial charge in [0.05, 0.1) is 17.9 Å². The SMILES string of the molecule is CCc1c(-c2ccc3nc(C)cn3c2)[nH]c2ccc(C3CCN(C(=O)CNC)CC3)cc12. The number of likely N-dealkylation sites (N-methyl/N-ethyl adjacent to an activating group) is 1. The molecule has 1 aliphatic rings. The lowest BCUT2D eigenvalue weighted by atomic mass is 9.88. The fourth-order valence-electron chi connectivity index (χ4n) is 5.12. The lowest BCUT2D eigenvalue weighted by molar-refractivity contribution is -0.131. The molecule has 0 aliphatic carbocycles. The molecular formula is C26H31N5O. The Morgan fingerprint density at radius 1 is 1.19 bits per heavy atom. The molecule has 4 aromatic rings. The van der Waals surface area contributed by atoms with Crippen LogP contribution in [-0.4, -0.2) is 51.9 Å². The number of likely N-dealkylation sites (tertiary alicyclic amines) is 1. The second-order valence-corrected chi connectivity index (χ2v) is 8.89. The number of benzene rings is 1. The quantitative estimate of drug-likeness (QED) is 0.498. The summed E-state index contributed by atoms with van der Waals surface area (Å²) in [6, 6.07) is 11.1. The fraction of sp³-hybridized carbons (Fsp3) is 0.385. The van der Waals surface area contributed by atoms with Gasteiger partial charge in [-0.3, -0.25) is 4.79 Å². The minimum atomic E-state index is 0.204. The molecule has 2 N–H and O–H groups in total. The van der Waals surface area contributed by atoms with Crippen molar-refractivity contribution in [2.45, 2.75) is 39.0 Å². The summed E-state index contributed by atoms with van der Waals surface area (Å²) < 4.78 is 2.10. The van der Waals surface area contributed by atoms with Crippen LogP contribution in [0.5, 0.6) is 0 Å². The molecule has 0 atom stereocenters. The lowest BCUT2D eigenvalue weighted by Gasteiger charge is -2.32. The molecule has 0 saturated carbocycles. The smallest absolute Gasteiger partial charge is 0.236 e. The standard InChI is InChI=1S/C26H31N5O/c1-4-21-22-13-19(18-9-11-30(12-10-18)25(32)14-27-3)5-7-23(22)29-26(21)20-6-8-24-28-17(2)15-31(24)16-20/h5-8,13,15-16,18,27,29H,4,9-12,14H2,1-3H3. The van der Waals surface area contributed by atoms with E-state index in [4.69, 9.17) is 0 Å². The van der Waals surface area contributed by atoms with Crippen molar-refractivity contribution in [3.05, 3.63) is 59.5 Å². The molecule has 1 fully saturated rings. The summed E-state index contributed by atoms with van der Waals surface area (Å²) in [5.41, 5.74) is 8.31. The number of rotatable bonds is 5. The predicted molar refractivity (Wildman–Crippen MR) is 129 cm³/mol. The van der Waals surface area contributed by atoms with E-state index in [9.17, 15) is 4.79 Å². The average molecular weight is 430 g/mol. The number of aromatic amines is 1. The maximum atomic E-state index is 12.2. The first-order valence-electron chi connectivity index (χ1n) is 11.6. The van der Waals surface area contributed by atoms with Gasteiger partial charge in [-0.25, -0.2) is 4.98 Å². The highest BCUT2D eigenvalue weighted by Crippen LogP contribution is 2.35. The van der Waals surface area contributed by atoms with Crippen LogP contribution < -0.4 is 5.32 Å². The Morgan fingerprint density at radius 2 is 2.00 bits per heavy atom. The van der Waals surface area contributed by atoms with Crippen LogP contribution in [0.4, 0.5) is 0 Å². The molecule has 1 aliphatic heterocycles. The van der Waals surface area contributed by atoms with Crippen molar-refractivity contribution in [2.75, 3.05) is 26.7 Å². The molecule has 1 saturated heterocycles. The Bertz CT molecular complexity index is 1280. The molecule has 0 spiro atoms. The zero-order chi connectivity index (χ0) is 22.2. The Balaban J connectivity index is 1.45. The van der Waals surface area contributed by atoms with E-state index in [0.29, 0.717) is 12.5 Å². The molecule has 32 heavy (non-hydrogen) atoms. The maximum absolute atomic E-state index is 12.2. The largest absolute Gasteiger partial charge is 0.354 e. The monoisotopic (exact) mass is 429 g/mol. The number of imidazole rings is 1. The van der Waals surface area contributed by atoms with Gasteiger partial charge >= 0.3 is 0 Å². The molecule has 3 aromatic heterocycles. The van der Waals surface area contributed by atoms with Gasteiger partial charge in [0.1, 0.15) is 5.65 Å². The Kier molecular flexibility index (Phi) is 5.47. The predicted octanol–water partition coefficient (Wildman–Crippen LogP) is 4.28. The minimum absolute atomic E-state index is 0.204. The summed E-state index contributed by atoms with van der Waals surface area (Å²) in [7, 11) is 1.82. The van der Waals surface area contributed by atoms with E-state index in [0.717, 1.165) is 43.7 Å². The van der Waals surface area contributed by atoms with E-state index < -0.39 is 0 Å². The van der Waals surface area contributed by atoms with Crippen LogP contribution in [0.15, 0.2) is 42.7 Å². The van der Waals surface area contributed by atoms with E-state index in [2.05, 4.69) is 69.3 Å². The van der Waals surface area contributed by atoms with E-state index in [-0.39, 0.29) is 5.91 Å². The van der Waals surface area contributed by atoms with Crippen molar-refractivity contribution in [3.8, 4) is 11.3 Å². The van der Waals surface area contributed by atoms with Crippen LogP contribution in [-0.2, 0) is 11.2 Å². The molecule has 6 nitrogen and oxygen atoms in total.